The Labute approximate surface area is 195 Å². The molecule has 0 bridgehead atoms. The molecule has 164 valence electrons. The molecular weight excluding hydrogens is 402 g/mol. The lowest BCUT2D eigenvalue weighted by atomic mass is 9.83. The normalized spacial score (nSPS) is 14.8. The summed E-state index contributed by atoms with van der Waals surface area (Å²) in [7, 11) is 2.09. The fourth-order valence-corrected chi connectivity index (χ4v) is 5.70. The first kappa shape index (κ1) is 20.2. The SMILES string of the molecule is Cc1ccc2c(oc3cccc(-c4ccc(C5CCCCC5)cc4)c32)c1-c1cccc[n+]1C. The van der Waals surface area contributed by atoms with Crippen LogP contribution in [-0.2, 0) is 7.05 Å². The van der Waals surface area contributed by atoms with Crippen LogP contribution in [-0.4, -0.2) is 0 Å². The second-order valence-corrected chi connectivity index (χ2v) is 9.57. The first-order valence-corrected chi connectivity index (χ1v) is 12.2. The number of hydrogen-bond acceptors (Lipinski definition) is 1. The van der Waals surface area contributed by atoms with Crippen molar-refractivity contribution < 1.29 is 8.98 Å². The number of rotatable bonds is 3. The van der Waals surface area contributed by atoms with Gasteiger partial charge in [-0.3, -0.25) is 0 Å². The molecule has 1 fully saturated rings. The molecule has 3 aromatic carbocycles. The average Bonchev–Trinajstić information content (AvgIpc) is 3.24. The zero-order valence-corrected chi connectivity index (χ0v) is 19.5. The second kappa shape index (κ2) is 8.19. The van der Waals surface area contributed by atoms with Crippen LogP contribution < -0.4 is 4.57 Å². The van der Waals surface area contributed by atoms with Crippen molar-refractivity contribution in [1.82, 2.24) is 0 Å². The van der Waals surface area contributed by atoms with E-state index in [0.29, 0.717) is 0 Å². The summed E-state index contributed by atoms with van der Waals surface area (Å²) in [6.07, 6.45) is 8.89. The Morgan fingerprint density at radius 3 is 2.42 bits per heavy atom. The standard InChI is InChI=1S/C31H30NO/c1-21-14-19-26-30-25(24-17-15-23(16-18-24)22-9-4-3-5-10-22)11-8-13-28(30)33-31(26)29(21)27-12-6-7-20-32(27)2/h6-8,11-20,22H,3-5,9-10H2,1-2H3/q+1. The number of benzene rings is 3. The minimum Gasteiger partial charge on any atom is -0.455 e. The first-order chi connectivity index (χ1) is 16.2. The van der Waals surface area contributed by atoms with Crippen molar-refractivity contribution in [2.24, 2.45) is 7.05 Å². The quantitative estimate of drug-likeness (QED) is 0.263. The van der Waals surface area contributed by atoms with E-state index >= 15 is 0 Å². The molecule has 1 aliphatic rings. The average molecular weight is 433 g/mol. The van der Waals surface area contributed by atoms with Crippen LogP contribution in [0.5, 0.6) is 0 Å². The third-order valence-electron chi connectivity index (χ3n) is 7.48. The summed E-state index contributed by atoms with van der Waals surface area (Å²) < 4.78 is 8.71. The number of pyridine rings is 1. The van der Waals surface area contributed by atoms with Crippen LogP contribution in [0.2, 0.25) is 0 Å². The molecule has 0 radical (unpaired) electrons. The fourth-order valence-electron chi connectivity index (χ4n) is 5.70. The van der Waals surface area contributed by atoms with Crippen LogP contribution in [0.25, 0.3) is 44.3 Å². The number of aryl methyl sites for hydroxylation is 2. The Hall–Kier alpha value is -3.39. The molecule has 5 aromatic rings. The highest BCUT2D eigenvalue weighted by Crippen LogP contribution is 2.41. The Balaban J connectivity index is 1.52. The molecule has 0 N–H and O–H groups in total. The van der Waals surface area contributed by atoms with Gasteiger partial charge in [0.05, 0.1) is 5.56 Å². The summed E-state index contributed by atoms with van der Waals surface area (Å²) in [6.45, 7) is 2.17. The molecular formula is C31H30NO+. The maximum absolute atomic E-state index is 6.54. The van der Waals surface area contributed by atoms with E-state index in [1.807, 2.05) is 0 Å². The van der Waals surface area contributed by atoms with Crippen LogP contribution in [0, 0.1) is 6.92 Å². The van der Waals surface area contributed by atoms with Gasteiger partial charge in [-0.05, 0) is 60.1 Å². The molecule has 1 saturated carbocycles. The summed E-state index contributed by atoms with van der Waals surface area (Å²) in [5, 5.41) is 2.39. The molecule has 2 nitrogen and oxygen atoms in total. The Morgan fingerprint density at radius 1 is 0.818 bits per heavy atom. The van der Waals surface area contributed by atoms with Crippen LogP contribution in [0.15, 0.2) is 83.4 Å². The second-order valence-electron chi connectivity index (χ2n) is 9.57. The van der Waals surface area contributed by atoms with E-state index in [1.54, 1.807) is 0 Å². The molecule has 0 amide bonds. The highest BCUT2D eigenvalue weighted by Gasteiger charge is 2.22. The van der Waals surface area contributed by atoms with Gasteiger partial charge in [-0.15, -0.1) is 0 Å². The van der Waals surface area contributed by atoms with Crippen LogP contribution in [0.1, 0.15) is 49.1 Å². The van der Waals surface area contributed by atoms with Gasteiger partial charge in [0, 0.05) is 22.9 Å². The van der Waals surface area contributed by atoms with Crippen molar-refractivity contribution in [3.63, 3.8) is 0 Å². The van der Waals surface area contributed by atoms with Crippen molar-refractivity contribution in [2.75, 3.05) is 0 Å². The molecule has 2 heteroatoms. The molecule has 0 saturated heterocycles. The zero-order chi connectivity index (χ0) is 22.4. The number of aromatic nitrogens is 1. The molecule has 2 aromatic heterocycles. The van der Waals surface area contributed by atoms with Gasteiger partial charge in [-0.1, -0.05) is 67.8 Å². The topological polar surface area (TPSA) is 17.0 Å². The molecule has 0 aliphatic heterocycles. The molecule has 33 heavy (non-hydrogen) atoms. The summed E-state index contributed by atoms with van der Waals surface area (Å²) >= 11 is 0. The van der Waals surface area contributed by atoms with Crippen LogP contribution in [0.3, 0.4) is 0 Å². The summed E-state index contributed by atoms with van der Waals surface area (Å²) in [5.74, 6) is 0.732. The van der Waals surface area contributed by atoms with Crippen molar-refractivity contribution in [1.29, 1.82) is 0 Å². The molecule has 6 rings (SSSR count). The van der Waals surface area contributed by atoms with Gasteiger partial charge in [-0.2, -0.15) is 0 Å². The summed E-state index contributed by atoms with van der Waals surface area (Å²) in [6, 6.07) is 26.5. The van der Waals surface area contributed by atoms with Crippen molar-refractivity contribution in [3.05, 3.63) is 90.1 Å². The number of fused-ring (bicyclic) bond motifs is 3. The Kier molecular flexibility index (Phi) is 5.02. The fraction of sp³-hybridized carbons (Fsp3) is 0.258. The van der Waals surface area contributed by atoms with Gasteiger partial charge in [0.1, 0.15) is 18.2 Å². The first-order valence-electron chi connectivity index (χ1n) is 12.2. The van der Waals surface area contributed by atoms with Gasteiger partial charge in [0.25, 0.3) is 0 Å². The largest absolute Gasteiger partial charge is 0.455 e. The van der Waals surface area contributed by atoms with E-state index in [0.717, 1.165) is 22.8 Å². The third-order valence-corrected chi connectivity index (χ3v) is 7.48. The van der Waals surface area contributed by atoms with Gasteiger partial charge in [0.2, 0.25) is 5.69 Å². The van der Waals surface area contributed by atoms with E-state index in [2.05, 4.69) is 97.5 Å². The summed E-state index contributed by atoms with van der Waals surface area (Å²) in [4.78, 5) is 0. The predicted molar refractivity (Wildman–Crippen MR) is 136 cm³/mol. The van der Waals surface area contributed by atoms with Crippen molar-refractivity contribution in [3.8, 4) is 22.4 Å². The highest BCUT2D eigenvalue weighted by atomic mass is 16.3. The van der Waals surface area contributed by atoms with Gasteiger partial charge < -0.3 is 4.42 Å². The smallest absolute Gasteiger partial charge is 0.216 e. The minimum atomic E-state index is 0.732. The molecule has 1 aliphatic carbocycles. The number of hydrogen-bond donors (Lipinski definition) is 0. The monoisotopic (exact) mass is 432 g/mol. The van der Waals surface area contributed by atoms with E-state index < -0.39 is 0 Å². The van der Waals surface area contributed by atoms with Gasteiger partial charge >= 0.3 is 0 Å². The van der Waals surface area contributed by atoms with Crippen LogP contribution in [0.4, 0.5) is 0 Å². The summed E-state index contributed by atoms with van der Waals surface area (Å²) in [5.41, 5.74) is 9.48. The van der Waals surface area contributed by atoms with Crippen LogP contribution >= 0.6 is 0 Å². The van der Waals surface area contributed by atoms with E-state index in [4.69, 9.17) is 4.42 Å². The van der Waals surface area contributed by atoms with Gasteiger partial charge in [-0.25, -0.2) is 4.57 Å². The molecule has 0 atom stereocenters. The lowest BCUT2D eigenvalue weighted by Gasteiger charge is -2.22. The lowest BCUT2D eigenvalue weighted by Crippen LogP contribution is -2.30. The maximum Gasteiger partial charge on any atom is 0.216 e. The third kappa shape index (κ3) is 3.45. The molecule has 0 spiro atoms. The lowest BCUT2D eigenvalue weighted by molar-refractivity contribution is -0.660. The van der Waals surface area contributed by atoms with Gasteiger partial charge in [0.15, 0.2) is 6.20 Å². The molecule has 0 unspecified atom stereocenters. The Morgan fingerprint density at radius 2 is 1.64 bits per heavy atom. The highest BCUT2D eigenvalue weighted by molar-refractivity contribution is 6.15. The van der Waals surface area contributed by atoms with E-state index in [1.165, 1.54) is 70.7 Å². The molecule has 2 heterocycles. The maximum atomic E-state index is 6.54. The predicted octanol–water partition coefficient (Wildman–Crippen LogP) is 8.10. The minimum absolute atomic E-state index is 0.732. The van der Waals surface area contributed by atoms with Crippen molar-refractivity contribution >= 4 is 21.9 Å². The number of nitrogens with zero attached hydrogens (tertiary/aromatic N) is 1. The Bertz CT molecular complexity index is 1450. The zero-order valence-electron chi connectivity index (χ0n) is 19.5. The van der Waals surface area contributed by atoms with Crippen molar-refractivity contribution in [2.45, 2.75) is 44.9 Å². The van der Waals surface area contributed by atoms with E-state index in [-0.39, 0.29) is 0 Å². The van der Waals surface area contributed by atoms with E-state index in [9.17, 15) is 0 Å². The number of furan rings is 1.